The van der Waals surface area contributed by atoms with Crippen LogP contribution in [0.1, 0.15) is 19.4 Å². The van der Waals surface area contributed by atoms with Gasteiger partial charge in [0.05, 0.1) is 6.61 Å². The molecule has 0 spiro atoms. The molecule has 0 bridgehead atoms. The van der Waals surface area contributed by atoms with Crippen molar-refractivity contribution in [3.05, 3.63) is 36.2 Å². The molecule has 1 atom stereocenters. The van der Waals surface area contributed by atoms with Gasteiger partial charge in [0.25, 0.3) is 0 Å². The highest BCUT2D eigenvalue weighted by molar-refractivity contribution is 5.86. The molecule has 2 heterocycles. The van der Waals surface area contributed by atoms with Crippen molar-refractivity contribution in [2.75, 3.05) is 32.8 Å². The number of carbonyl (C=O) groups is 1. The largest absolute Gasteiger partial charge is 0.460 e. The lowest BCUT2D eigenvalue weighted by atomic mass is 10.2. The second-order valence-corrected chi connectivity index (χ2v) is 5.89. The normalized spacial score (nSPS) is 19.7. The lowest BCUT2D eigenvalue weighted by Gasteiger charge is -2.33. The number of hydrogen-bond acceptors (Lipinski definition) is 5. The van der Waals surface area contributed by atoms with Gasteiger partial charge in [-0.1, -0.05) is 13.8 Å². The van der Waals surface area contributed by atoms with Gasteiger partial charge in [-0.3, -0.25) is 9.88 Å². The minimum absolute atomic E-state index is 0.0363. The van der Waals surface area contributed by atoms with E-state index in [2.05, 4.69) is 23.7 Å². The van der Waals surface area contributed by atoms with E-state index in [1.807, 2.05) is 12.1 Å². The van der Waals surface area contributed by atoms with Gasteiger partial charge in [0.15, 0.2) is 0 Å². The minimum Gasteiger partial charge on any atom is -0.460 e. The summed E-state index contributed by atoms with van der Waals surface area (Å²) in [4.78, 5) is 18.0. The Kier molecular flexibility index (Phi) is 6.55. The zero-order valence-electron chi connectivity index (χ0n) is 13.3. The Bertz CT molecular complexity index is 488. The van der Waals surface area contributed by atoms with Crippen molar-refractivity contribution < 1.29 is 14.3 Å². The standard InChI is InChI=1S/C17H24N2O3/c1-14(2)11-19-9-10-21-16(12-19)13-22-17(20)4-3-15-5-7-18-8-6-15/h3-8,14,16H,9-13H2,1-2H3. The predicted octanol–water partition coefficient (Wildman–Crippen LogP) is 1.99. The number of rotatable bonds is 6. The number of nitrogens with zero attached hydrogens (tertiary/aromatic N) is 2. The van der Waals surface area contributed by atoms with Crippen LogP contribution in [-0.4, -0.2) is 54.8 Å². The predicted molar refractivity (Wildman–Crippen MR) is 85.2 cm³/mol. The molecule has 2 rings (SSSR count). The summed E-state index contributed by atoms with van der Waals surface area (Å²) < 4.78 is 10.9. The van der Waals surface area contributed by atoms with Gasteiger partial charge in [0.1, 0.15) is 12.7 Å². The van der Waals surface area contributed by atoms with Gasteiger partial charge in [-0.05, 0) is 29.7 Å². The first-order valence-electron chi connectivity index (χ1n) is 7.72. The third-order valence-corrected chi connectivity index (χ3v) is 3.38. The van der Waals surface area contributed by atoms with Crippen LogP contribution in [0.2, 0.25) is 0 Å². The topological polar surface area (TPSA) is 51.7 Å². The van der Waals surface area contributed by atoms with E-state index in [0.29, 0.717) is 19.1 Å². The van der Waals surface area contributed by atoms with Crippen molar-refractivity contribution in [3.63, 3.8) is 0 Å². The van der Waals surface area contributed by atoms with Crippen LogP contribution in [0.3, 0.4) is 0 Å². The summed E-state index contributed by atoms with van der Waals surface area (Å²) in [7, 11) is 0. The number of ether oxygens (including phenoxy) is 2. The van der Waals surface area contributed by atoms with Gasteiger partial charge in [0, 0.05) is 38.1 Å². The molecule has 5 nitrogen and oxygen atoms in total. The third kappa shape index (κ3) is 5.95. The van der Waals surface area contributed by atoms with Gasteiger partial charge in [-0.25, -0.2) is 4.79 Å². The average molecular weight is 304 g/mol. The molecule has 0 aliphatic carbocycles. The monoisotopic (exact) mass is 304 g/mol. The summed E-state index contributed by atoms with van der Waals surface area (Å²) in [6.07, 6.45) is 6.49. The summed E-state index contributed by atoms with van der Waals surface area (Å²) in [5.41, 5.74) is 0.920. The van der Waals surface area contributed by atoms with Crippen molar-refractivity contribution in [1.82, 2.24) is 9.88 Å². The van der Waals surface area contributed by atoms with E-state index < -0.39 is 0 Å². The SMILES string of the molecule is CC(C)CN1CCOC(COC(=O)C=Cc2ccncc2)C1. The first kappa shape index (κ1) is 16.6. The van der Waals surface area contributed by atoms with Crippen LogP contribution in [0.15, 0.2) is 30.6 Å². The fourth-order valence-electron chi connectivity index (χ4n) is 2.43. The quantitative estimate of drug-likeness (QED) is 0.594. The number of hydrogen-bond donors (Lipinski definition) is 0. The summed E-state index contributed by atoms with van der Waals surface area (Å²) in [5.74, 6) is 0.283. The van der Waals surface area contributed by atoms with Crippen LogP contribution in [0.25, 0.3) is 6.08 Å². The maximum atomic E-state index is 11.7. The number of aromatic nitrogens is 1. The Hall–Kier alpha value is -1.72. The zero-order chi connectivity index (χ0) is 15.8. The van der Waals surface area contributed by atoms with Crippen molar-refractivity contribution in [2.45, 2.75) is 20.0 Å². The van der Waals surface area contributed by atoms with Crippen LogP contribution in [0, 0.1) is 5.92 Å². The van der Waals surface area contributed by atoms with E-state index >= 15 is 0 Å². The Labute approximate surface area is 131 Å². The van der Waals surface area contributed by atoms with E-state index in [1.54, 1.807) is 18.5 Å². The first-order valence-corrected chi connectivity index (χ1v) is 7.72. The second kappa shape index (κ2) is 8.66. The molecular weight excluding hydrogens is 280 g/mol. The van der Waals surface area contributed by atoms with Crippen molar-refractivity contribution in [3.8, 4) is 0 Å². The van der Waals surface area contributed by atoms with E-state index in [1.165, 1.54) is 6.08 Å². The van der Waals surface area contributed by atoms with Crippen molar-refractivity contribution >= 4 is 12.0 Å². The molecule has 0 radical (unpaired) electrons. The molecular formula is C17H24N2O3. The fraction of sp³-hybridized carbons (Fsp3) is 0.529. The highest BCUT2D eigenvalue weighted by atomic mass is 16.6. The molecule has 1 aromatic heterocycles. The molecule has 0 amide bonds. The third-order valence-electron chi connectivity index (χ3n) is 3.38. The van der Waals surface area contributed by atoms with Crippen LogP contribution in [-0.2, 0) is 14.3 Å². The van der Waals surface area contributed by atoms with Crippen LogP contribution < -0.4 is 0 Å². The van der Waals surface area contributed by atoms with Crippen LogP contribution in [0.5, 0.6) is 0 Å². The van der Waals surface area contributed by atoms with Crippen LogP contribution >= 0.6 is 0 Å². The molecule has 1 aliphatic heterocycles. The van der Waals surface area contributed by atoms with Gasteiger partial charge in [-0.15, -0.1) is 0 Å². The molecule has 1 aliphatic rings. The Morgan fingerprint density at radius 3 is 3.00 bits per heavy atom. The molecule has 1 unspecified atom stereocenters. The zero-order valence-corrected chi connectivity index (χ0v) is 13.3. The number of morpholine rings is 1. The Morgan fingerprint density at radius 2 is 2.27 bits per heavy atom. The summed E-state index contributed by atoms with van der Waals surface area (Å²) in [5, 5.41) is 0. The average Bonchev–Trinajstić information content (AvgIpc) is 2.52. The summed E-state index contributed by atoms with van der Waals surface area (Å²) in [6, 6.07) is 3.66. The van der Waals surface area contributed by atoms with Gasteiger partial charge in [0.2, 0.25) is 0 Å². The van der Waals surface area contributed by atoms with Crippen molar-refractivity contribution in [1.29, 1.82) is 0 Å². The van der Waals surface area contributed by atoms with Crippen molar-refractivity contribution in [2.24, 2.45) is 5.92 Å². The minimum atomic E-state index is -0.346. The molecule has 0 aromatic carbocycles. The van der Waals surface area contributed by atoms with E-state index in [4.69, 9.17) is 9.47 Å². The lowest BCUT2D eigenvalue weighted by molar-refractivity contribution is -0.144. The smallest absolute Gasteiger partial charge is 0.330 e. The maximum absolute atomic E-state index is 11.7. The Balaban J connectivity index is 1.73. The van der Waals surface area contributed by atoms with Crippen LogP contribution in [0.4, 0.5) is 0 Å². The van der Waals surface area contributed by atoms with E-state index in [9.17, 15) is 4.79 Å². The van der Waals surface area contributed by atoms with E-state index in [-0.39, 0.29) is 12.1 Å². The molecule has 1 aromatic rings. The molecule has 1 saturated heterocycles. The summed E-state index contributed by atoms with van der Waals surface area (Å²) in [6.45, 7) is 8.22. The molecule has 0 N–H and O–H groups in total. The molecule has 120 valence electrons. The molecule has 5 heteroatoms. The van der Waals surface area contributed by atoms with Gasteiger partial charge in [-0.2, -0.15) is 0 Å². The number of pyridine rings is 1. The van der Waals surface area contributed by atoms with Gasteiger partial charge < -0.3 is 9.47 Å². The molecule has 1 fully saturated rings. The Morgan fingerprint density at radius 1 is 1.50 bits per heavy atom. The second-order valence-electron chi connectivity index (χ2n) is 5.89. The van der Waals surface area contributed by atoms with Gasteiger partial charge >= 0.3 is 5.97 Å². The lowest BCUT2D eigenvalue weighted by Crippen LogP contribution is -2.45. The number of carbonyl (C=O) groups excluding carboxylic acids is 1. The highest BCUT2D eigenvalue weighted by Gasteiger charge is 2.21. The highest BCUT2D eigenvalue weighted by Crippen LogP contribution is 2.08. The fourth-order valence-corrected chi connectivity index (χ4v) is 2.43. The molecule has 0 saturated carbocycles. The van der Waals surface area contributed by atoms with E-state index in [0.717, 1.165) is 25.2 Å². The first-order chi connectivity index (χ1) is 10.6. The molecule has 22 heavy (non-hydrogen) atoms. The number of esters is 1. The maximum Gasteiger partial charge on any atom is 0.330 e. The summed E-state index contributed by atoms with van der Waals surface area (Å²) >= 11 is 0.